The summed E-state index contributed by atoms with van der Waals surface area (Å²) in [5.41, 5.74) is -0.723. The molecule has 3 aromatic rings. The van der Waals surface area contributed by atoms with Crippen molar-refractivity contribution in [3.63, 3.8) is 0 Å². The maximum absolute atomic E-state index is 12.3. The minimum Gasteiger partial charge on any atom is -0.476 e. The van der Waals surface area contributed by atoms with Crippen LogP contribution < -0.4 is 10.4 Å². The second-order valence-corrected chi connectivity index (χ2v) is 5.18. The van der Waals surface area contributed by atoms with E-state index in [1.54, 1.807) is 24.3 Å². The lowest BCUT2D eigenvalue weighted by Gasteiger charge is -2.02. The quantitative estimate of drug-likeness (QED) is 0.779. The van der Waals surface area contributed by atoms with Crippen LogP contribution in [0.5, 0.6) is 0 Å². The Kier molecular flexibility index (Phi) is 3.15. The van der Waals surface area contributed by atoms with Gasteiger partial charge < -0.3 is 9.52 Å². The van der Waals surface area contributed by atoms with E-state index in [-0.39, 0.29) is 18.1 Å². The number of rotatable bonds is 3. The number of hydrogen-bond acceptors (Lipinski definition) is 6. The summed E-state index contributed by atoms with van der Waals surface area (Å²) < 4.78 is 6.54. The van der Waals surface area contributed by atoms with Crippen molar-refractivity contribution in [3.05, 3.63) is 62.1 Å². The molecule has 0 unspecified atom stereocenters. The highest BCUT2D eigenvalue weighted by molar-refractivity contribution is 7.16. The zero-order valence-corrected chi connectivity index (χ0v) is 11.3. The first-order valence-corrected chi connectivity index (χ1v) is 6.68. The lowest BCUT2D eigenvalue weighted by atomic mass is 10.3. The number of carbonyl (C=O) groups is 1. The molecule has 1 N–H and O–H groups in total. The lowest BCUT2D eigenvalue weighted by Crippen LogP contribution is -2.31. The van der Waals surface area contributed by atoms with Crippen LogP contribution in [0.15, 0.2) is 44.5 Å². The Hall–Kier alpha value is -2.74. The monoisotopic (exact) mass is 304 g/mol. The third kappa shape index (κ3) is 2.36. The molecule has 0 radical (unpaired) electrons. The van der Waals surface area contributed by atoms with Crippen LogP contribution in [0.3, 0.4) is 0 Å². The number of aromatic nitrogens is 2. The van der Waals surface area contributed by atoms with E-state index in [1.807, 2.05) is 0 Å². The molecule has 0 saturated carbocycles. The van der Waals surface area contributed by atoms with Crippen LogP contribution in [0, 0.1) is 0 Å². The van der Waals surface area contributed by atoms with E-state index < -0.39 is 16.4 Å². The highest BCUT2D eigenvalue weighted by Crippen LogP contribution is 2.11. The third-order valence-corrected chi connectivity index (χ3v) is 3.82. The lowest BCUT2D eigenvalue weighted by molar-refractivity contribution is 0.0690. The van der Waals surface area contributed by atoms with Crippen molar-refractivity contribution in [1.82, 2.24) is 9.55 Å². The number of hydrogen-bond donors (Lipinski definition) is 1. The van der Waals surface area contributed by atoms with E-state index in [9.17, 15) is 14.4 Å². The Labute approximate surface area is 120 Å². The van der Waals surface area contributed by atoms with Crippen LogP contribution >= 0.6 is 11.3 Å². The fourth-order valence-electron chi connectivity index (χ4n) is 1.86. The largest absolute Gasteiger partial charge is 0.476 e. The average Bonchev–Trinajstić information content (AvgIpc) is 2.92. The van der Waals surface area contributed by atoms with Gasteiger partial charge in [0.2, 0.25) is 5.89 Å². The fraction of sp³-hybridized carbons (Fsp3) is 0.0769. The normalized spacial score (nSPS) is 10.9. The average molecular weight is 304 g/mol. The molecule has 21 heavy (non-hydrogen) atoms. The van der Waals surface area contributed by atoms with Crippen molar-refractivity contribution < 1.29 is 14.3 Å². The summed E-state index contributed by atoms with van der Waals surface area (Å²) >= 11 is 0.936. The van der Waals surface area contributed by atoms with Gasteiger partial charge in [-0.3, -0.25) is 14.2 Å². The summed E-state index contributed by atoms with van der Waals surface area (Å²) in [5.74, 6) is -1.24. The molecule has 2 aromatic heterocycles. The number of carboxylic acid groups (broad SMARTS) is 1. The van der Waals surface area contributed by atoms with E-state index in [0.29, 0.717) is 10.1 Å². The van der Waals surface area contributed by atoms with Crippen LogP contribution in [0.1, 0.15) is 16.4 Å². The number of fused-ring (bicyclic) bond motifs is 1. The van der Waals surface area contributed by atoms with Gasteiger partial charge in [-0.15, -0.1) is 0 Å². The summed E-state index contributed by atoms with van der Waals surface area (Å²) in [6, 6.07) is 6.78. The molecule has 0 atom stereocenters. The number of benzene rings is 1. The minimum atomic E-state index is -1.24. The zero-order chi connectivity index (χ0) is 15.0. The second-order valence-electron chi connectivity index (χ2n) is 4.19. The molecule has 7 nitrogen and oxygen atoms in total. The van der Waals surface area contributed by atoms with Crippen molar-refractivity contribution in [2.75, 3.05) is 0 Å². The number of carboxylic acids is 1. The van der Waals surface area contributed by atoms with Gasteiger partial charge in [-0.1, -0.05) is 23.5 Å². The summed E-state index contributed by atoms with van der Waals surface area (Å²) in [6.07, 6.45) is 0.970. The molecule has 0 aliphatic rings. The second kappa shape index (κ2) is 4.98. The molecule has 2 heterocycles. The molecule has 0 bridgehead atoms. The summed E-state index contributed by atoms with van der Waals surface area (Å²) in [5, 5.41) is 9.19. The molecule has 0 amide bonds. The summed E-state index contributed by atoms with van der Waals surface area (Å²) in [6.45, 7) is -0.202. The van der Waals surface area contributed by atoms with Crippen molar-refractivity contribution in [1.29, 1.82) is 0 Å². The van der Waals surface area contributed by atoms with E-state index >= 15 is 0 Å². The molecular weight excluding hydrogens is 296 g/mol. The summed E-state index contributed by atoms with van der Waals surface area (Å²) in [4.78, 5) is 38.3. The maximum Gasteiger partial charge on any atom is 0.357 e. The Bertz CT molecular complexity index is 953. The van der Waals surface area contributed by atoms with Crippen LogP contribution in [-0.4, -0.2) is 20.6 Å². The number of nitrogens with zero attached hydrogens (tertiary/aromatic N) is 2. The Morgan fingerprint density at radius 3 is 2.81 bits per heavy atom. The fourth-order valence-corrected chi connectivity index (χ4v) is 2.72. The van der Waals surface area contributed by atoms with Gasteiger partial charge in [0.25, 0.3) is 5.56 Å². The maximum atomic E-state index is 12.3. The predicted molar refractivity (Wildman–Crippen MR) is 74.9 cm³/mol. The molecule has 0 fully saturated rings. The van der Waals surface area contributed by atoms with Gasteiger partial charge in [0.15, 0.2) is 5.69 Å². The molecule has 8 heteroatoms. The predicted octanol–water partition coefficient (Wildman–Crippen LogP) is 1.16. The highest BCUT2D eigenvalue weighted by Gasteiger charge is 2.14. The van der Waals surface area contributed by atoms with E-state index in [2.05, 4.69) is 4.98 Å². The van der Waals surface area contributed by atoms with Gasteiger partial charge in [-0.25, -0.2) is 9.78 Å². The first kappa shape index (κ1) is 13.3. The van der Waals surface area contributed by atoms with Crippen LogP contribution in [0.25, 0.3) is 10.1 Å². The number of oxazole rings is 1. The SMILES string of the molecule is O=C(O)c1coc(Cn2c(=O)sc3ccccc3c2=O)n1. The molecule has 0 aliphatic heterocycles. The molecular formula is C13H8N2O5S. The molecule has 106 valence electrons. The highest BCUT2D eigenvalue weighted by atomic mass is 32.1. The topological polar surface area (TPSA) is 102 Å². The van der Waals surface area contributed by atoms with Crippen LogP contribution in [-0.2, 0) is 6.54 Å². The Morgan fingerprint density at radius 2 is 2.10 bits per heavy atom. The van der Waals surface area contributed by atoms with Crippen molar-refractivity contribution >= 4 is 27.4 Å². The Morgan fingerprint density at radius 1 is 1.33 bits per heavy atom. The zero-order valence-electron chi connectivity index (χ0n) is 10.5. The van der Waals surface area contributed by atoms with E-state index in [0.717, 1.165) is 22.2 Å². The smallest absolute Gasteiger partial charge is 0.357 e. The standard InChI is InChI=1S/C13H8N2O5S/c16-11-7-3-1-2-4-9(7)21-13(19)15(11)5-10-14-8(6-20-10)12(17)18/h1-4,6H,5H2,(H,17,18). The van der Waals surface area contributed by atoms with Crippen molar-refractivity contribution in [3.8, 4) is 0 Å². The van der Waals surface area contributed by atoms with Gasteiger partial charge in [0.1, 0.15) is 12.8 Å². The Balaban J connectivity index is 2.10. The minimum absolute atomic E-state index is 0.00548. The van der Waals surface area contributed by atoms with Crippen LogP contribution in [0.4, 0.5) is 0 Å². The van der Waals surface area contributed by atoms with Gasteiger partial charge in [0.05, 0.1) is 5.39 Å². The molecule has 0 aliphatic carbocycles. The van der Waals surface area contributed by atoms with Crippen molar-refractivity contribution in [2.24, 2.45) is 0 Å². The summed E-state index contributed by atoms with van der Waals surface area (Å²) in [7, 11) is 0. The van der Waals surface area contributed by atoms with Crippen molar-refractivity contribution in [2.45, 2.75) is 6.54 Å². The molecule has 3 rings (SSSR count). The van der Waals surface area contributed by atoms with Gasteiger partial charge in [-0.2, -0.15) is 0 Å². The van der Waals surface area contributed by atoms with Gasteiger partial charge in [0, 0.05) is 4.70 Å². The van der Waals surface area contributed by atoms with E-state index in [4.69, 9.17) is 9.52 Å². The first-order valence-electron chi connectivity index (χ1n) is 5.86. The molecule has 0 spiro atoms. The van der Waals surface area contributed by atoms with Gasteiger partial charge >= 0.3 is 10.8 Å². The molecule has 1 aromatic carbocycles. The number of aromatic carboxylic acids is 1. The first-order chi connectivity index (χ1) is 10.1. The van der Waals surface area contributed by atoms with Crippen LogP contribution in [0.2, 0.25) is 0 Å². The van der Waals surface area contributed by atoms with Gasteiger partial charge in [-0.05, 0) is 12.1 Å². The third-order valence-electron chi connectivity index (χ3n) is 2.84. The molecule has 0 saturated heterocycles. The van der Waals surface area contributed by atoms with E-state index in [1.165, 1.54) is 0 Å².